The molecule has 110 valence electrons. The lowest BCUT2D eigenvalue weighted by atomic mass is 9.89. The van der Waals surface area contributed by atoms with Gasteiger partial charge in [-0.1, -0.05) is 36.4 Å². The van der Waals surface area contributed by atoms with E-state index in [9.17, 15) is 19.8 Å². The minimum atomic E-state index is -2.50. The van der Waals surface area contributed by atoms with E-state index in [0.29, 0.717) is 0 Å². The second-order valence-electron chi connectivity index (χ2n) is 5.16. The van der Waals surface area contributed by atoms with Crippen LogP contribution in [0.25, 0.3) is 0 Å². The number of hydrogen-bond donors (Lipinski definition) is 2. The molecule has 0 fully saturated rings. The fourth-order valence-electron chi connectivity index (χ4n) is 2.90. The van der Waals surface area contributed by atoms with Gasteiger partial charge < -0.3 is 19.7 Å². The average Bonchev–Trinajstić information content (AvgIpc) is 2.95. The first kappa shape index (κ1) is 13.0. The van der Waals surface area contributed by atoms with Crippen molar-refractivity contribution in [3.05, 3.63) is 70.8 Å². The second kappa shape index (κ2) is 3.94. The molecule has 0 amide bonds. The molecule has 0 spiro atoms. The highest BCUT2D eigenvalue weighted by Crippen LogP contribution is 2.51. The van der Waals surface area contributed by atoms with Crippen LogP contribution in [0.4, 0.5) is 0 Å². The topological polar surface area (TPSA) is 93.1 Å². The van der Waals surface area contributed by atoms with Gasteiger partial charge in [0.25, 0.3) is 0 Å². The van der Waals surface area contributed by atoms with Crippen LogP contribution in [0, 0.1) is 0 Å². The summed E-state index contributed by atoms with van der Waals surface area (Å²) in [6.07, 6.45) is 0. The number of carbonyl (C=O) groups is 2. The monoisotopic (exact) mass is 298 g/mol. The molecule has 6 heteroatoms. The predicted molar refractivity (Wildman–Crippen MR) is 71.5 cm³/mol. The zero-order valence-electron chi connectivity index (χ0n) is 11.1. The highest BCUT2D eigenvalue weighted by Gasteiger charge is 2.66. The molecule has 2 N–H and O–H groups in total. The summed E-state index contributed by atoms with van der Waals surface area (Å²) in [4.78, 5) is 23.9. The summed E-state index contributed by atoms with van der Waals surface area (Å²) >= 11 is 0. The van der Waals surface area contributed by atoms with Crippen molar-refractivity contribution < 1.29 is 29.3 Å². The Balaban J connectivity index is 1.97. The van der Waals surface area contributed by atoms with Crippen molar-refractivity contribution in [3.63, 3.8) is 0 Å². The Kier molecular flexibility index (Phi) is 2.33. The Hall–Kier alpha value is -2.70. The fraction of sp³-hybridized carbons (Fsp3) is 0.125. The molecule has 0 aromatic heterocycles. The van der Waals surface area contributed by atoms with Gasteiger partial charge in [0.05, 0.1) is 11.1 Å². The zero-order valence-corrected chi connectivity index (χ0v) is 11.1. The van der Waals surface area contributed by atoms with Crippen LogP contribution in [0.3, 0.4) is 0 Å². The second-order valence-corrected chi connectivity index (χ2v) is 5.16. The van der Waals surface area contributed by atoms with Crippen LogP contribution in [0.5, 0.6) is 0 Å². The number of fused-ring (bicyclic) bond motifs is 2. The molecular weight excluding hydrogens is 288 g/mol. The Morgan fingerprint density at radius 2 is 1.05 bits per heavy atom. The van der Waals surface area contributed by atoms with Crippen LogP contribution in [0.2, 0.25) is 0 Å². The Morgan fingerprint density at radius 3 is 1.45 bits per heavy atom. The lowest BCUT2D eigenvalue weighted by Gasteiger charge is -2.35. The van der Waals surface area contributed by atoms with Crippen molar-refractivity contribution in [2.24, 2.45) is 0 Å². The van der Waals surface area contributed by atoms with Gasteiger partial charge >= 0.3 is 23.5 Å². The molecule has 0 radical (unpaired) electrons. The summed E-state index contributed by atoms with van der Waals surface area (Å²) < 4.78 is 10.0. The summed E-state index contributed by atoms with van der Waals surface area (Å²) in [5, 5.41) is 21.7. The van der Waals surface area contributed by atoms with E-state index in [1.807, 2.05) is 0 Å². The zero-order chi connectivity index (χ0) is 15.5. The molecule has 0 aliphatic carbocycles. The molecular formula is C16H10O6. The van der Waals surface area contributed by atoms with Gasteiger partial charge in [-0.05, 0) is 12.1 Å². The Bertz CT molecular complexity index is 759. The van der Waals surface area contributed by atoms with E-state index in [1.54, 1.807) is 24.3 Å². The molecule has 2 atom stereocenters. The molecule has 2 aliphatic rings. The molecule has 6 nitrogen and oxygen atoms in total. The molecule has 0 saturated carbocycles. The summed E-state index contributed by atoms with van der Waals surface area (Å²) in [5.74, 6) is -6.59. The first-order chi connectivity index (χ1) is 10.5. The molecule has 2 unspecified atom stereocenters. The van der Waals surface area contributed by atoms with E-state index in [0.717, 1.165) is 0 Å². The van der Waals surface area contributed by atoms with Crippen LogP contribution in [0.15, 0.2) is 48.5 Å². The third kappa shape index (κ3) is 1.35. The van der Waals surface area contributed by atoms with E-state index in [2.05, 4.69) is 0 Å². The van der Waals surface area contributed by atoms with Crippen molar-refractivity contribution in [2.45, 2.75) is 11.6 Å². The smallest absolute Gasteiger partial charge is 0.341 e. The SMILES string of the molecule is O=C1OC(O)(C2(O)OC(=O)c3ccccc32)c2ccccc21. The van der Waals surface area contributed by atoms with Crippen LogP contribution < -0.4 is 0 Å². The quantitative estimate of drug-likeness (QED) is 0.763. The Morgan fingerprint density at radius 1 is 0.682 bits per heavy atom. The maximum atomic E-state index is 11.9. The number of ether oxygens (including phenoxy) is 2. The largest absolute Gasteiger partial charge is 0.417 e. The van der Waals surface area contributed by atoms with Gasteiger partial charge in [-0.2, -0.15) is 0 Å². The number of rotatable bonds is 1. The molecule has 22 heavy (non-hydrogen) atoms. The molecule has 2 aliphatic heterocycles. The number of cyclic esters (lactones) is 2. The summed E-state index contributed by atoms with van der Waals surface area (Å²) in [5.41, 5.74) is 0.316. The number of benzene rings is 2. The summed E-state index contributed by atoms with van der Waals surface area (Å²) in [6.45, 7) is 0. The average molecular weight is 298 g/mol. The van der Waals surface area contributed by atoms with Crippen LogP contribution in [-0.2, 0) is 21.0 Å². The van der Waals surface area contributed by atoms with Crippen molar-refractivity contribution in [2.75, 3.05) is 0 Å². The molecule has 2 aromatic carbocycles. The third-order valence-corrected chi connectivity index (χ3v) is 3.96. The number of esters is 2. The lowest BCUT2D eigenvalue weighted by molar-refractivity contribution is -0.358. The van der Waals surface area contributed by atoms with E-state index >= 15 is 0 Å². The fourth-order valence-corrected chi connectivity index (χ4v) is 2.90. The highest BCUT2D eigenvalue weighted by atomic mass is 16.7. The van der Waals surface area contributed by atoms with Crippen molar-refractivity contribution in [3.8, 4) is 0 Å². The summed E-state index contributed by atoms with van der Waals surface area (Å²) in [7, 11) is 0. The summed E-state index contributed by atoms with van der Waals surface area (Å²) in [6, 6.07) is 12.2. The highest BCUT2D eigenvalue weighted by molar-refractivity contribution is 5.97. The van der Waals surface area contributed by atoms with Gasteiger partial charge in [0.15, 0.2) is 0 Å². The maximum Gasteiger partial charge on any atom is 0.341 e. The van der Waals surface area contributed by atoms with Crippen molar-refractivity contribution in [1.29, 1.82) is 0 Å². The molecule has 0 bridgehead atoms. The third-order valence-electron chi connectivity index (χ3n) is 3.96. The standard InChI is InChI=1S/C16H10O6/c17-13-9-5-1-3-7-11(9)15(19,21-13)16(20)12-8-4-2-6-10(12)14(18)22-16/h1-8,19-20H. The van der Waals surface area contributed by atoms with Crippen LogP contribution >= 0.6 is 0 Å². The first-order valence-corrected chi connectivity index (χ1v) is 6.58. The van der Waals surface area contributed by atoms with Gasteiger partial charge in [0.1, 0.15) is 0 Å². The van der Waals surface area contributed by atoms with E-state index in [4.69, 9.17) is 9.47 Å². The van der Waals surface area contributed by atoms with Crippen molar-refractivity contribution in [1.82, 2.24) is 0 Å². The van der Waals surface area contributed by atoms with Gasteiger partial charge in [-0.3, -0.25) is 0 Å². The number of aliphatic hydroxyl groups is 2. The van der Waals surface area contributed by atoms with E-state index in [1.165, 1.54) is 24.3 Å². The van der Waals surface area contributed by atoms with Gasteiger partial charge in [0, 0.05) is 11.1 Å². The molecule has 4 rings (SSSR count). The van der Waals surface area contributed by atoms with Gasteiger partial charge in [0.2, 0.25) is 0 Å². The molecule has 2 heterocycles. The minimum absolute atomic E-state index is 0.0482. The minimum Gasteiger partial charge on any atom is -0.417 e. The predicted octanol–water partition coefficient (Wildman–Crippen LogP) is 1.02. The van der Waals surface area contributed by atoms with Gasteiger partial charge in [-0.15, -0.1) is 0 Å². The normalized spacial score (nSPS) is 28.8. The number of hydrogen-bond acceptors (Lipinski definition) is 6. The Labute approximate surface area is 124 Å². The maximum absolute atomic E-state index is 11.9. The van der Waals surface area contributed by atoms with Crippen LogP contribution in [-0.4, -0.2) is 22.2 Å². The molecule has 0 saturated heterocycles. The van der Waals surface area contributed by atoms with E-state index in [-0.39, 0.29) is 22.3 Å². The molecule has 2 aromatic rings. The lowest BCUT2D eigenvalue weighted by Crippen LogP contribution is -2.50. The van der Waals surface area contributed by atoms with E-state index < -0.39 is 23.5 Å². The number of carbonyl (C=O) groups excluding carboxylic acids is 2. The van der Waals surface area contributed by atoms with Crippen LogP contribution in [0.1, 0.15) is 31.8 Å². The first-order valence-electron chi connectivity index (χ1n) is 6.58. The van der Waals surface area contributed by atoms with Gasteiger partial charge in [-0.25, -0.2) is 9.59 Å². The van der Waals surface area contributed by atoms with Crippen molar-refractivity contribution >= 4 is 11.9 Å².